The number of nitrogens with zero attached hydrogens (tertiary/aromatic N) is 4. The van der Waals surface area contributed by atoms with Crippen molar-refractivity contribution in [1.29, 1.82) is 0 Å². The highest BCUT2D eigenvalue weighted by Gasteiger charge is 2.34. The van der Waals surface area contributed by atoms with Crippen molar-refractivity contribution in [3.05, 3.63) is 77.9 Å². The van der Waals surface area contributed by atoms with E-state index in [0.29, 0.717) is 16.8 Å². The fourth-order valence-electron chi connectivity index (χ4n) is 5.38. The molecule has 41 heavy (non-hydrogen) atoms. The molecule has 5 rings (SSSR count). The lowest BCUT2D eigenvalue weighted by Crippen LogP contribution is -2.47. The van der Waals surface area contributed by atoms with E-state index in [-0.39, 0.29) is 42.4 Å². The van der Waals surface area contributed by atoms with Crippen molar-refractivity contribution in [2.75, 3.05) is 14.2 Å². The lowest BCUT2D eigenvalue weighted by molar-refractivity contribution is -0.142. The van der Waals surface area contributed by atoms with Gasteiger partial charge in [0.25, 0.3) is 0 Å². The molecule has 1 saturated carbocycles. The minimum atomic E-state index is -1.02. The number of phenolic OH excluding ortho intramolecular Hbond substituents is 1. The third-order valence-electron chi connectivity index (χ3n) is 7.57. The molecule has 0 unspecified atom stereocenters. The van der Waals surface area contributed by atoms with E-state index in [4.69, 9.17) is 9.47 Å². The topological polar surface area (TPSA) is 119 Å². The normalized spacial score (nSPS) is 14.4. The Morgan fingerprint density at radius 2 is 1.78 bits per heavy atom. The number of amides is 2. The first-order chi connectivity index (χ1) is 20.0. The molecule has 0 spiro atoms. The van der Waals surface area contributed by atoms with Gasteiger partial charge >= 0.3 is 0 Å². The number of carbonyl (C=O) groups is 2. The van der Waals surface area contributed by atoms with Crippen LogP contribution in [0.1, 0.15) is 49.3 Å². The van der Waals surface area contributed by atoms with Gasteiger partial charge in [0.2, 0.25) is 11.8 Å². The number of hydrogen-bond donors (Lipinski definition) is 2. The fourth-order valence-corrected chi connectivity index (χ4v) is 5.38. The summed E-state index contributed by atoms with van der Waals surface area (Å²) >= 11 is 0. The molecule has 10 heteroatoms. The Morgan fingerprint density at radius 1 is 1.02 bits per heavy atom. The molecule has 1 aliphatic carbocycles. The van der Waals surface area contributed by atoms with Crippen molar-refractivity contribution in [3.63, 3.8) is 0 Å². The van der Waals surface area contributed by atoms with Gasteiger partial charge in [-0.2, -0.15) is 0 Å². The maximum atomic E-state index is 14.1. The monoisotopic (exact) mass is 557 g/mol. The van der Waals surface area contributed by atoms with Crippen molar-refractivity contribution in [2.45, 2.75) is 57.3 Å². The summed E-state index contributed by atoms with van der Waals surface area (Å²) in [5, 5.41) is 22.2. The third kappa shape index (κ3) is 6.42. The second kappa shape index (κ2) is 12.7. The van der Waals surface area contributed by atoms with Gasteiger partial charge in [0.05, 0.1) is 19.7 Å². The molecule has 0 aliphatic heterocycles. The van der Waals surface area contributed by atoms with Gasteiger partial charge in [-0.25, -0.2) is 4.68 Å². The molecule has 1 aromatic heterocycles. The molecular formula is C31H35N5O5. The lowest BCUT2D eigenvalue weighted by atomic mass is 9.94. The van der Waals surface area contributed by atoms with Crippen molar-refractivity contribution >= 4 is 22.8 Å². The Labute approximate surface area is 238 Å². The largest absolute Gasteiger partial charge is 0.504 e. The molecule has 3 aromatic carbocycles. The zero-order chi connectivity index (χ0) is 28.8. The Kier molecular flexibility index (Phi) is 8.67. The van der Waals surface area contributed by atoms with E-state index in [0.717, 1.165) is 43.2 Å². The minimum absolute atomic E-state index is 0.0304. The summed E-state index contributed by atoms with van der Waals surface area (Å²) in [6.45, 7) is 0.0248. The van der Waals surface area contributed by atoms with E-state index >= 15 is 0 Å². The minimum Gasteiger partial charge on any atom is -0.504 e. The Hall–Kier alpha value is -4.60. The van der Waals surface area contributed by atoms with Crippen molar-refractivity contribution < 1.29 is 24.2 Å². The number of ether oxygens (including phenoxy) is 2. The molecule has 0 saturated heterocycles. The van der Waals surface area contributed by atoms with Gasteiger partial charge in [-0.3, -0.25) is 9.59 Å². The summed E-state index contributed by atoms with van der Waals surface area (Å²) in [5.74, 6) is 0.233. The van der Waals surface area contributed by atoms with Crippen LogP contribution >= 0.6 is 0 Å². The number of aromatic nitrogens is 3. The second-order valence-electron chi connectivity index (χ2n) is 10.3. The number of carbonyl (C=O) groups excluding carboxylic acids is 2. The Morgan fingerprint density at radius 3 is 2.49 bits per heavy atom. The Balaban J connectivity index is 1.54. The van der Waals surface area contributed by atoms with Crippen LogP contribution in [0.2, 0.25) is 0 Å². The lowest BCUT2D eigenvalue weighted by Gasteiger charge is -2.33. The zero-order valence-electron chi connectivity index (χ0n) is 23.3. The standard InChI is InChI=1S/C31H35N5O5/c1-40-24-15-12-21(13-16-24)19-35(29(38)20-36-26-11-7-6-10-25(26)33-34-36)30(22-14-17-28(41-2)27(37)18-22)31(39)32-23-8-4-3-5-9-23/h6-7,10-18,23,30,37H,3-5,8-9,19-20H2,1-2H3,(H,32,39)/t30-/m1/s1. The second-order valence-corrected chi connectivity index (χ2v) is 10.3. The molecule has 10 nitrogen and oxygen atoms in total. The summed E-state index contributed by atoms with van der Waals surface area (Å²) in [7, 11) is 3.05. The summed E-state index contributed by atoms with van der Waals surface area (Å²) in [6.07, 6.45) is 5.03. The van der Waals surface area contributed by atoms with Crippen LogP contribution in [-0.2, 0) is 22.7 Å². The smallest absolute Gasteiger partial charge is 0.247 e. The van der Waals surface area contributed by atoms with Crippen LogP contribution in [0.3, 0.4) is 0 Å². The van der Waals surface area contributed by atoms with E-state index in [1.54, 1.807) is 23.9 Å². The van der Waals surface area contributed by atoms with Gasteiger partial charge in [-0.05, 0) is 60.4 Å². The Bertz CT molecular complexity index is 1500. The molecule has 1 atom stereocenters. The number of phenols is 1. The number of methoxy groups -OCH3 is 2. The number of hydrogen-bond acceptors (Lipinski definition) is 7. The molecule has 4 aromatic rings. The SMILES string of the molecule is COc1ccc(CN(C(=O)Cn2nnc3ccccc32)[C@@H](C(=O)NC2CCCCC2)c2ccc(OC)c(O)c2)cc1. The number of fused-ring (bicyclic) bond motifs is 1. The predicted molar refractivity (Wildman–Crippen MR) is 153 cm³/mol. The molecule has 1 fully saturated rings. The maximum absolute atomic E-state index is 14.1. The number of rotatable bonds is 10. The maximum Gasteiger partial charge on any atom is 0.247 e. The summed E-state index contributed by atoms with van der Waals surface area (Å²) < 4.78 is 12.1. The van der Waals surface area contributed by atoms with E-state index < -0.39 is 6.04 Å². The van der Waals surface area contributed by atoms with Gasteiger partial charge in [-0.15, -0.1) is 5.10 Å². The number of aromatic hydroxyl groups is 1. The van der Waals surface area contributed by atoms with Gasteiger partial charge in [-0.1, -0.05) is 54.8 Å². The summed E-state index contributed by atoms with van der Waals surface area (Å²) in [4.78, 5) is 29.7. The van der Waals surface area contributed by atoms with Gasteiger partial charge in [0, 0.05) is 12.6 Å². The molecule has 0 bridgehead atoms. The first kappa shape index (κ1) is 27.9. The molecule has 0 radical (unpaired) electrons. The van der Waals surface area contributed by atoms with Crippen LogP contribution in [0.4, 0.5) is 0 Å². The summed E-state index contributed by atoms with van der Waals surface area (Å²) in [5.41, 5.74) is 2.68. The molecule has 1 aliphatic rings. The average Bonchev–Trinajstić information content (AvgIpc) is 3.40. The van der Waals surface area contributed by atoms with Crippen LogP contribution in [-0.4, -0.2) is 57.1 Å². The summed E-state index contributed by atoms with van der Waals surface area (Å²) in [6, 6.07) is 18.6. The van der Waals surface area contributed by atoms with E-state index in [1.165, 1.54) is 18.1 Å². The van der Waals surface area contributed by atoms with Crippen molar-refractivity contribution in [3.8, 4) is 17.2 Å². The highest BCUT2D eigenvalue weighted by Crippen LogP contribution is 2.33. The van der Waals surface area contributed by atoms with Gasteiger partial charge < -0.3 is 24.8 Å². The molecule has 2 amide bonds. The van der Waals surface area contributed by atoms with Gasteiger partial charge in [0.1, 0.15) is 23.9 Å². The van der Waals surface area contributed by atoms with Gasteiger partial charge in [0.15, 0.2) is 11.5 Å². The number of benzene rings is 3. The predicted octanol–water partition coefficient (Wildman–Crippen LogP) is 4.37. The number of nitrogens with one attached hydrogen (secondary N) is 1. The van der Waals surface area contributed by atoms with Crippen LogP contribution < -0.4 is 14.8 Å². The first-order valence-electron chi connectivity index (χ1n) is 13.8. The highest BCUT2D eigenvalue weighted by molar-refractivity contribution is 5.89. The molecule has 2 N–H and O–H groups in total. The van der Waals surface area contributed by atoms with E-state index in [9.17, 15) is 14.7 Å². The first-order valence-corrected chi connectivity index (χ1v) is 13.8. The van der Waals surface area contributed by atoms with E-state index in [2.05, 4.69) is 15.6 Å². The quantitative estimate of drug-likeness (QED) is 0.297. The van der Waals surface area contributed by atoms with Crippen molar-refractivity contribution in [2.24, 2.45) is 0 Å². The van der Waals surface area contributed by atoms with Crippen molar-refractivity contribution in [1.82, 2.24) is 25.2 Å². The van der Waals surface area contributed by atoms with Crippen LogP contribution in [0, 0.1) is 0 Å². The zero-order valence-corrected chi connectivity index (χ0v) is 23.3. The third-order valence-corrected chi connectivity index (χ3v) is 7.57. The molecule has 1 heterocycles. The van der Waals surface area contributed by atoms with Crippen LogP contribution in [0.5, 0.6) is 17.2 Å². The van der Waals surface area contributed by atoms with Crippen LogP contribution in [0.15, 0.2) is 66.7 Å². The highest BCUT2D eigenvalue weighted by atomic mass is 16.5. The molecule has 214 valence electrons. The van der Waals surface area contributed by atoms with E-state index in [1.807, 2.05) is 48.5 Å². The fraction of sp³-hybridized carbons (Fsp3) is 0.355. The average molecular weight is 558 g/mol. The molecular weight excluding hydrogens is 522 g/mol. The number of para-hydroxylation sites is 1. The van der Waals surface area contributed by atoms with Crippen LogP contribution in [0.25, 0.3) is 11.0 Å².